The van der Waals surface area contributed by atoms with E-state index in [1.165, 1.54) is 17.0 Å². The first kappa shape index (κ1) is 13.2. The smallest absolute Gasteiger partial charge is 0.123 e. The van der Waals surface area contributed by atoms with Crippen molar-refractivity contribution in [1.82, 2.24) is 5.32 Å². The number of hydrogen-bond donors (Lipinski definition) is 1. The lowest BCUT2D eigenvalue weighted by Crippen LogP contribution is -2.30. The number of rotatable bonds is 5. The predicted octanol–water partition coefficient (Wildman–Crippen LogP) is 4.17. The van der Waals surface area contributed by atoms with E-state index < -0.39 is 0 Å². The summed E-state index contributed by atoms with van der Waals surface area (Å²) in [5.74, 6) is -0.175. The molecule has 0 bridgehead atoms. The van der Waals surface area contributed by atoms with Gasteiger partial charge in [-0.15, -0.1) is 11.3 Å². The molecule has 0 saturated carbocycles. The van der Waals surface area contributed by atoms with Crippen LogP contribution in [-0.4, -0.2) is 6.04 Å². The molecular formula is C15H18FNS. The van der Waals surface area contributed by atoms with Crippen molar-refractivity contribution in [2.24, 2.45) is 0 Å². The van der Waals surface area contributed by atoms with Crippen molar-refractivity contribution in [3.8, 4) is 0 Å². The summed E-state index contributed by atoms with van der Waals surface area (Å²) in [5, 5.41) is 5.66. The molecule has 1 heterocycles. The quantitative estimate of drug-likeness (QED) is 0.853. The molecule has 0 aliphatic rings. The van der Waals surface area contributed by atoms with Gasteiger partial charge in [0.25, 0.3) is 0 Å². The topological polar surface area (TPSA) is 12.0 Å². The summed E-state index contributed by atoms with van der Waals surface area (Å²) in [6.07, 6.45) is 0.913. The van der Waals surface area contributed by atoms with Crippen molar-refractivity contribution < 1.29 is 4.39 Å². The molecule has 1 unspecified atom stereocenters. The van der Waals surface area contributed by atoms with Gasteiger partial charge in [0.15, 0.2) is 0 Å². The molecule has 1 nitrogen and oxygen atoms in total. The third-order valence-electron chi connectivity index (χ3n) is 2.96. The molecule has 1 N–H and O–H groups in total. The van der Waals surface area contributed by atoms with E-state index in [1.807, 2.05) is 12.1 Å². The second-order valence-corrected chi connectivity index (χ2v) is 5.61. The molecule has 96 valence electrons. The molecule has 2 atom stereocenters. The van der Waals surface area contributed by atoms with Crippen LogP contribution in [0.25, 0.3) is 0 Å². The van der Waals surface area contributed by atoms with E-state index in [0.29, 0.717) is 12.1 Å². The maximum absolute atomic E-state index is 12.8. The highest BCUT2D eigenvalue weighted by Crippen LogP contribution is 2.19. The minimum atomic E-state index is -0.175. The average molecular weight is 263 g/mol. The van der Waals surface area contributed by atoms with Crippen molar-refractivity contribution in [1.29, 1.82) is 0 Å². The van der Waals surface area contributed by atoms with E-state index in [0.717, 1.165) is 12.0 Å². The minimum Gasteiger partial charge on any atom is -0.307 e. The van der Waals surface area contributed by atoms with Gasteiger partial charge in [-0.2, -0.15) is 0 Å². The zero-order chi connectivity index (χ0) is 13.0. The minimum absolute atomic E-state index is 0.175. The van der Waals surface area contributed by atoms with Gasteiger partial charge in [0.2, 0.25) is 0 Å². The van der Waals surface area contributed by atoms with Crippen LogP contribution in [0.2, 0.25) is 0 Å². The fraction of sp³-hybridized carbons (Fsp3) is 0.333. The molecule has 2 rings (SSSR count). The van der Waals surface area contributed by atoms with Crippen LogP contribution in [-0.2, 0) is 6.42 Å². The SMILES string of the molecule is CC(Cc1ccc(F)cc1)N[C@H](C)c1cccs1. The summed E-state index contributed by atoms with van der Waals surface area (Å²) in [4.78, 5) is 1.35. The summed E-state index contributed by atoms with van der Waals surface area (Å²) < 4.78 is 12.8. The lowest BCUT2D eigenvalue weighted by Gasteiger charge is -2.19. The molecule has 3 heteroatoms. The Morgan fingerprint density at radius 2 is 1.89 bits per heavy atom. The Labute approximate surface area is 112 Å². The van der Waals surface area contributed by atoms with Crippen LogP contribution in [0.4, 0.5) is 4.39 Å². The van der Waals surface area contributed by atoms with Gasteiger partial charge in [-0.25, -0.2) is 4.39 Å². The standard InChI is InChI=1S/C15H18FNS/c1-11(10-13-5-7-14(16)8-6-13)17-12(2)15-4-3-9-18-15/h3-9,11-12,17H,10H2,1-2H3/t11?,12-/m1/s1. The number of hydrogen-bond acceptors (Lipinski definition) is 2. The number of nitrogens with one attached hydrogen (secondary N) is 1. The zero-order valence-corrected chi connectivity index (χ0v) is 11.5. The van der Waals surface area contributed by atoms with Crippen molar-refractivity contribution >= 4 is 11.3 Å². The van der Waals surface area contributed by atoms with Crippen LogP contribution in [0.1, 0.15) is 30.3 Å². The van der Waals surface area contributed by atoms with Gasteiger partial charge >= 0.3 is 0 Å². The molecule has 0 radical (unpaired) electrons. The predicted molar refractivity (Wildman–Crippen MR) is 75.4 cm³/mol. The third kappa shape index (κ3) is 3.65. The van der Waals surface area contributed by atoms with Gasteiger partial charge in [-0.3, -0.25) is 0 Å². The second kappa shape index (κ2) is 6.12. The second-order valence-electron chi connectivity index (χ2n) is 4.64. The summed E-state index contributed by atoms with van der Waals surface area (Å²) in [5.41, 5.74) is 1.16. The van der Waals surface area contributed by atoms with Gasteiger partial charge in [0.1, 0.15) is 5.82 Å². The largest absolute Gasteiger partial charge is 0.307 e. The van der Waals surface area contributed by atoms with Gasteiger partial charge in [0, 0.05) is 17.0 Å². The van der Waals surface area contributed by atoms with Gasteiger partial charge in [0.05, 0.1) is 0 Å². The molecule has 0 saturated heterocycles. The Hall–Kier alpha value is -1.19. The van der Waals surface area contributed by atoms with E-state index in [-0.39, 0.29) is 5.82 Å². The van der Waals surface area contributed by atoms with E-state index in [9.17, 15) is 4.39 Å². The Morgan fingerprint density at radius 3 is 2.50 bits per heavy atom. The van der Waals surface area contributed by atoms with Crippen LogP contribution in [0.3, 0.4) is 0 Å². The first-order valence-electron chi connectivity index (χ1n) is 6.19. The van der Waals surface area contributed by atoms with Crippen molar-refractivity contribution in [3.63, 3.8) is 0 Å². The Kier molecular flexibility index (Phi) is 4.50. The monoisotopic (exact) mass is 263 g/mol. The van der Waals surface area contributed by atoms with E-state index in [4.69, 9.17) is 0 Å². The molecule has 0 aliphatic heterocycles. The van der Waals surface area contributed by atoms with Crippen LogP contribution in [0, 0.1) is 5.82 Å². The molecule has 18 heavy (non-hydrogen) atoms. The van der Waals surface area contributed by atoms with Crippen LogP contribution >= 0.6 is 11.3 Å². The van der Waals surface area contributed by atoms with Crippen LogP contribution in [0.15, 0.2) is 41.8 Å². The lowest BCUT2D eigenvalue weighted by molar-refractivity contribution is 0.481. The first-order valence-corrected chi connectivity index (χ1v) is 7.07. The number of thiophene rings is 1. The molecule has 0 amide bonds. The lowest BCUT2D eigenvalue weighted by atomic mass is 10.1. The summed E-state index contributed by atoms with van der Waals surface area (Å²) >= 11 is 1.77. The van der Waals surface area contributed by atoms with Crippen molar-refractivity contribution in [3.05, 3.63) is 58.0 Å². The highest BCUT2D eigenvalue weighted by molar-refractivity contribution is 7.10. The molecule has 2 aromatic rings. The van der Waals surface area contributed by atoms with Crippen molar-refractivity contribution in [2.75, 3.05) is 0 Å². The average Bonchev–Trinajstić information content (AvgIpc) is 2.85. The molecule has 0 aliphatic carbocycles. The fourth-order valence-electron chi connectivity index (χ4n) is 2.08. The molecule has 1 aromatic carbocycles. The van der Waals surface area contributed by atoms with Crippen LogP contribution < -0.4 is 5.32 Å². The first-order chi connectivity index (χ1) is 8.65. The fourth-order valence-corrected chi connectivity index (χ4v) is 2.82. The molecule has 1 aromatic heterocycles. The highest BCUT2D eigenvalue weighted by atomic mass is 32.1. The Balaban J connectivity index is 1.88. The normalized spacial score (nSPS) is 14.4. The molecule has 0 fully saturated rings. The van der Waals surface area contributed by atoms with Crippen molar-refractivity contribution in [2.45, 2.75) is 32.4 Å². The van der Waals surface area contributed by atoms with Gasteiger partial charge < -0.3 is 5.32 Å². The summed E-state index contributed by atoms with van der Waals surface area (Å²) in [6.45, 7) is 4.33. The zero-order valence-electron chi connectivity index (χ0n) is 10.7. The maximum Gasteiger partial charge on any atom is 0.123 e. The molecular weight excluding hydrogens is 245 g/mol. The third-order valence-corrected chi connectivity index (χ3v) is 4.01. The number of halogens is 1. The van der Waals surface area contributed by atoms with E-state index in [1.54, 1.807) is 11.3 Å². The van der Waals surface area contributed by atoms with Gasteiger partial charge in [-0.1, -0.05) is 18.2 Å². The van der Waals surface area contributed by atoms with E-state index >= 15 is 0 Å². The summed E-state index contributed by atoms with van der Waals surface area (Å²) in [7, 11) is 0. The summed E-state index contributed by atoms with van der Waals surface area (Å²) in [6, 6.07) is 11.7. The molecule has 0 spiro atoms. The highest BCUT2D eigenvalue weighted by Gasteiger charge is 2.10. The van der Waals surface area contributed by atoms with Gasteiger partial charge in [-0.05, 0) is 49.4 Å². The van der Waals surface area contributed by atoms with E-state index in [2.05, 4.69) is 36.7 Å². The Morgan fingerprint density at radius 1 is 1.17 bits per heavy atom. The van der Waals surface area contributed by atoms with Crippen LogP contribution in [0.5, 0.6) is 0 Å². The Bertz CT molecular complexity index is 464. The number of benzene rings is 1. The maximum atomic E-state index is 12.8.